The average Bonchev–Trinajstić information content (AvgIpc) is 3.08. The highest BCUT2D eigenvalue weighted by Gasteiger charge is 2.19. The molecule has 0 fully saturated rings. The molecule has 0 unspecified atom stereocenters. The van der Waals surface area contributed by atoms with Gasteiger partial charge in [-0.15, -0.1) is 0 Å². The minimum atomic E-state index is -0.872. The zero-order valence-corrected chi connectivity index (χ0v) is 13.9. The number of nitrogens with one attached hydrogen (secondary N) is 1. The third-order valence-corrected chi connectivity index (χ3v) is 4.24. The fourth-order valence-electron chi connectivity index (χ4n) is 2.30. The Morgan fingerprint density at radius 2 is 2.12 bits per heavy atom. The third-order valence-electron chi connectivity index (χ3n) is 3.51. The van der Waals surface area contributed by atoms with Gasteiger partial charge in [-0.05, 0) is 53.6 Å². The number of fused-ring (bicyclic) bond motifs is 1. The Kier molecular flexibility index (Phi) is 4.86. The van der Waals surface area contributed by atoms with Gasteiger partial charge >= 0.3 is 5.97 Å². The quantitative estimate of drug-likeness (QED) is 0.723. The summed E-state index contributed by atoms with van der Waals surface area (Å²) in [4.78, 5) is 28.4. The van der Waals surface area contributed by atoms with Crippen molar-refractivity contribution in [3.05, 3.63) is 58.9 Å². The molecule has 5 nitrogen and oxygen atoms in total. The number of ether oxygens (including phenoxy) is 1. The number of carbonyl (C=O) groups is 2. The molecule has 0 saturated heterocycles. The molecular formula is C18H16N2O3S. The van der Waals surface area contributed by atoms with Crippen LogP contribution in [0.1, 0.15) is 12.5 Å². The summed E-state index contributed by atoms with van der Waals surface area (Å²) in [7, 11) is 0. The summed E-state index contributed by atoms with van der Waals surface area (Å²) in [5.41, 5.74) is 2.32. The van der Waals surface area contributed by atoms with Gasteiger partial charge < -0.3 is 10.1 Å². The molecule has 24 heavy (non-hydrogen) atoms. The van der Waals surface area contributed by atoms with Gasteiger partial charge in [0.05, 0.1) is 17.6 Å². The minimum Gasteiger partial charge on any atom is -0.452 e. The van der Waals surface area contributed by atoms with Crippen molar-refractivity contribution in [1.82, 2.24) is 4.98 Å². The Labute approximate surface area is 143 Å². The lowest BCUT2D eigenvalue weighted by atomic mass is 10.2. The molecule has 122 valence electrons. The number of thiophene rings is 1. The van der Waals surface area contributed by atoms with E-state index in [1.807, 2.05) is 41.1 Å². The first-order valence-electron chi connectivity index (χ1n) is 7.48. The van der Waals surface area contributed by atoms with Crippen LogP contribution < -0.4 is 5.32 Å². The normalized spacial score (nSPS) is 11.9. The smallest absolute Gasteiger partial charge is 0.311 e. The number of pyridine rings is 1. The van der Waals surface area contributed by atoms with Crippen molar-refractivity contribution in [3.63, 3.8) is 0 Å². The summed E-state index contributed by atoms with van der Waals surface area (Å²) in [5.74, 6) is -0.791. The fraction of sp³-hybridized carbons (Fsp3) is 0.167. The molecule has 3 aromatic rings. The highest BCUT2D eigenvalue weighted by atomic mass is 32.1. The maximum absolute atomic E-state index is 12.3. The molecule has 3 rings (SSSR count). The van der Waals surface area contributed by atoms with Crippen molar-refractivity contribution in [1.29, 1.82) is 0 Å². The van der Waals surface area contributed by atoms with Gasteiger partial charge in [-0.2, -0.15) is 11.3 Å². The molecule has 0 radical (unpaired) electrons. The maximum Gasteiger partial charge on any atom is 0.311 e. The number of esters is 1. The van der Waals surface area contributed by atoms with Crippen LogP contribution in [0.4, 0.5) is 5.69 Å². The molecular weight excluding hydrogens is 324 g/mol. The van der Waals surface area contributed by atoms with Crippen LogP contribution in [0.3, 0.4) is 0 Å². The monoisotopic (exact) mass is 340 g/mol. The number of rotatable bonds is 5. The van der Waals surface area contributed by atoms with E-state index in [1.165, 1.54) is 11.3 Å². The summed E-state index contributed by atoms with van der Waals surface area (Å²) in [6, 6.07) is 11.0. The standard InChI is InChI=1S/C18H16N2O3S/c1-12(23-17(21)10-13-7-9-24-11-13)18(22)20-16-6-2-5-15-14(16)4-3-8-19-15/h2-9,11-12H,10H2,1H3,(H,20,22)/t12-/m1/s1. The Bertz CT molecular complexity index is 856. The third kappa shape index (κ3) is 3.78. The molecule has 0 saturated carbocycles. The predicted molar refractivity (Wildman–Crippen MR) is 93.9 cm³/mol. The van der Waals surface area contributed by atoms with Crippen LogP contribution in [0, 0.1) is 0 Å². The van der Waals surface area contributed by atoms with E-state index in [4.69, 9.17) is 4.74 Å². The van der Waals surface area contributed by atoms with Crippen LogP contribution in [0.15, 0.2) is 53.4 Å². The van der Waals surface area contributed by atoms with Gasteiger partial charge in [0.2, 0.25) is 0 Å². The van der Waals surface area contributed by atoms with Crippen LogP contribution in [0.2, 0.25) is 0 Å². The van der Waals surface area contributed by atoms with Crippen molar-refractivity contribution in [3.8, 4) is 0 Å². The van der Waals surface area contributed by atoms with Gasteiger partial charge in [0.25, 0.3) is 5.91 Å². The zero-order valence-electron chi connectivity index (χ0n) is 13.1. The fourth-order valence-corrected chi connectivity index (χ4v) is 2.97. The number of carbonyl (C=O) groups excluding carboxylic acids is 2. The molecule has 6 heteroatoms. The van der Waals surface area contributed by atoms with Gasteiger partial charge in [0.1, 0.15) is 0 Å². The molecule has 0 spiro atoms. The van der Waals surface area contributed by atoms with E-state index in [9.17, 15) is 9.59 Å². The summed E-state index contributed by atoms with van der Waals surface area (Å²) < 4.78 is 5.21. The van der Waals surface area contributed by atoms with Gasteiger partial charge in [0.15, 0.2) is 6.10 Å². The summed E-state index contributed by atoms with van der Waals surface area (Å²) in [5, 5.41) is 7.41. The molecule has 0 aliphatic rings. The average molecular weight is 340 g/mol. The lowest BCUT2D eigenvalue weighted by Gasteiger charge is -2.14. The summed E-state index contributed by atoms with van der Waals surface area (Å²) >= 11 is 1.52. The van der Waals surface area contributed by atoms with Gasteiger partial charge in [0, 0.05) is 11.6 Å². The van der Waals surface area contributed by atoms with E-state index in [-0.39, 0.29) is 12.3 Å². The van der Waals surface area contributed by atoms with E-state index in [0.717, 1.165) is 16.5 Å². The molecule has 1 atom stereocenters. The van der Waals surface area contributed by atoms with E-state index in [0.29, 0.717) is 5.69 Å². The summed E-state index contributed by atoms with van der Waals surface area (Å²) in [6.07, 6.45) is 0.991. The maximum atomic E-state index is 12.3. The van der Waals surface area contributed by atoms with Gasteiger partial charge in [-0.3, -0.25) is 14.6 Å². The molecule has 1 aromatic carbocycles. The molecule has 0 bridgehead atoms. The number of benzene rings is 1. The molecule has 0 aliphatic heterocycles. The first-order chi connectivity index (χ1) is 11.6. The van der Waals surface area contributed by atoms with E-state index in [1.54, 1.807) is 19.2 Å². The van der Waals surface area contributed by atoms with Crippen molar-refractivity contribution >= 4 is 39.8 Å². The molecule has 1 N–H and O–H groups in total. The Morgan fingerprint density at radius 1 is 1.25 bits per heavy atom. The van der Waals surface area contributed by atoms with E-state index in [2.05, 4.69) is 10.3 Å². The largest absolute Gasteiger partial charge is 0.452 e. The number of hydrogen-bond donors (Lipinski definition) is 1. The lowest BCUT2D eigenvalue weighted by Crippen LogP contribution is -2.30. The topological polar surface area (TPSA) is 68.3 Å². The minimum absolute atomic E-state index is 0.166. The van der Waals surface area contributed by atoms with Crippen LogP contribution >= 0.6 is 11.3 Å². The van der Waals surface area contributed by atoms with Crippen molar-refractivity contribution in [2.75, 3.05) is 5.32 Å². The molecule has 1 amide bonds. The lowest BCUT2D eigenvalue weighted by molar-refractivity contribution is -0.152. The van der Waals surface area contributed by atoms with Crippen LogP contribution in [0.25, 0.3) is 10.9 Å². The number of hydrogen-bond acceptors (Lipinski definition) is 5. The predicted octanol–water partition coefficient (Wildman–Crippen LogP) is 3.41. The highest BCUT2D eigenvalue weighted by molar-refractivity contribution is 7.08. The zero-order chi connectivity index (χ0) is 16.9. The SMILES string of the molecule is C[C@@H](OC(=O)Cc1ccsc1)C(=O)Nc1cccc2ncccc12. The second-order valence-corrected chi connectivity index (χ2v) is 6.09. The van der Waals surface area contributed by atoms with Gasteiger partial charge in [-0.25, -0.2) is 0 Å². The molecule has 0 aliphatic carbocycles. The number of aromatic nitrogens is 1. The van der Waals surface area contributed by atoms with E-state index >= 15 is 0 Å². The van der Waals surface area contributed by atoms with Crippen LogP contribution in [-0.2, 0) is 20.7 Å². The Balaban J connectivity index is 1.64. The molecule has 2 heterocycles. The first kappa shape index (κ1) is 16.1. The van der Waals surface area contributed by atoms with Crippen molar-refractivity contribution in [2.45, 2.75) is 19.4 Å². The van der Waals surface area contributed by atoms with Crippen LogP contribution in [0.5, 0.6) is 0 Å². The highest BCUT2D eigenvalue weighted by Crippen LogP contribution is 2.21. The van der Waals surface area contributed by atoms with Crippen molar-refractivity contribution in [2.24, 2.45) is 0 Å². The van der Waals surface area contributed by atoms with Gasteiger partial charge in [-0.1, -0.05) is 6.07 Å². The molecule has 2 aromatic heterocycles. The van der Waals surface area contributed by atoms with E-state index < -0.39 is 12.1 Å². The number of amides is 1. The number of nitrogens with zero attached hydrogens (tertiary/aromatic N) is 1. The second-order valence-electron chi connectivity index (χ2n) is 5.31. The second kappa shape index (κ2) is 7.23. The Hall–Kier alpha value is -2.73. The number of anilines is 1. The Morgan fingerprint density at radius 3 is 2.92 bits per heavy atom. The van der Waals surface area contributed by atoms with Crippen LogP contribution in [-0.4, -0.2) is 23.0 Å². The summed E-state index contributed by atoms with van der Waals surface area (Å²) in [6.45, 7) is 1.56. The van der Waals surface area contributed by atoms with Crippen molar-refractivity contribution < 1.29 is 14.3 Å². The first-order valence-corrected chi connectivity index (χ1v) is 8.43.